The minimum absolute atomic E-state index is 0.00183. The van der Waals surface area contributed by atoms with Crippen LogP contribution in [0.5, 0.6) is 0 Å². The summed E-state index contributed by atoms with van der Waals surface area (Å²) < 4.78 is 11.0. The first-order valence-electron chi connectivity index (χ1n) is 9.01. The van der Waals surface area contributed by atoms with Crippen LogP contribution in [0, 0.1) is 17.8 Å². The molecule has 5 heteroatoms. The maximum Gasteiger partial charge on any atom is 0.315 e. The third kappa shape index (κ3) is 4.59. The Morgan fingerprint density at radius 2 is 2.00 bits per heavy atom. The second kappa shape index (κ2) is 8.16. The highest BCUT2D eigenvalue weighted by Gasteiger charge is 2.39. The molecule has 3 atom stereocenters. The molecule has 1 heterocycles. The lowest BCUT2D eigenvalue weighted by atomic mass is 9.95. The van der Waals surface area contributed by atoms with Crippen LogP contribution in [0.3, 0.4) is 0 Å². The molecular formula is C17H30N2O3. The van der Waals surface area contributed by atoms with Gasteiger partial charge < -0.3 is 20.1 Å². The summed E-state index contributed by atoms with van der Waals surface area (Å²) in [7, 11) is 0. The van der Waals surface area contributed by atoms with Gasteiger partial charge in [-0.05, 0) is 56.3 Å². The third-order valence-corrected chi connectivity index (χ3v) is 5.50. The first-order chi connectivity index (χ1) is 10.8. The molecule has 0 radical (unpaired) electrons. The summed E-state index contributed by atoms with van der Waals surface area (Å²) in [5.74, 6) is 2.26. The quantitative estimate of drug-likeness (QED) is 0.709. The molecule has 22 heavy (non-hydrogen) atoms. The van der Waals surface area contributed by atoms with E-state index in [1.807, 2.05) is 0 Å². The Morgan fingerprint density at radius 3 is 2.73 bits per heavy atom. The highest BCUT2D eigenvalue weighted by Crippen LogP contribution is 2.44. The molecule has 3 rings (SSSR count). The zero-order valence-corrected chi connectivity index (χ0v) is 13.5. The summed E-state index contributed by atoms with van der Waals surface area (Å²) in [5, 5.41) is 6.11. The average molecular weight is 310 g/mol. The summed E-state index contributed by atoms with van der Waals surface area (Å²) in [6.07, 6.45) is 8.30. The van der Waals surface area contributed by atoms with Crippen LogP contribution in [-0.2, 0) is 9.47 Å². The van der Waals surface area contributed by atoms with E-state index in [2.05, 4.69) is 10.6 Å². The first-order valence-corrected chi connectivity index (χ1v) is 9.01. The maximum absolute atomic E-state index is 11.9. The van der Waals surface area contributed by atoms with Crippen molar-refractivity contribution in [1.82, 2.24) is 10.6 Å². The topological polar surface area (TPSA) is 59.6 Å². The Bertz CT molecular complexity index is 358. The lowest BCUT2D eigenvalue weighted by Crippen LogP contribution is -2.44. The van der Waals surface area contributed by atoms with Crippen molar-refractivity contribution in [2.45, 2.75) is 51.0 Å². The van der Waals surface area contributed by atoms with Gasteiger partial charge in [-0.3, -0.25) is 0 Å². The van der Waals surface area contributed by atoms with Crippen LogP contribution >= 0.6 is 0 Å². The number of nitrogens with one attached hydrogen (secondary N) is 2. The van der Waals surface area contributed by atoms with E-state index >= 15 is 0 Å². The van der Waals surface area contributed by atoms with Gasteiger partial charge in [0.2, 0.25) is 0 Å². The van der Waals surface area contributed by atoms with Gasteiger partial charge in [0.15, 0.2) is 0 Å². The standard InChI is InChI=1S/C17H30N2O3/c20-17(19-16-11-14-2-3-15(16)10-14)18-6-1-7-22-12-13-4-8-21-9-5-13/h13-16H,1-12H2,(H2,18,19,20). The van der Waals surface area contributed by atoms with Gasteiger partial charge in [0.05, 0.1) is 0 Å². The van der Waals surface area contributed by atoms with Gasteiger partial charge in [-0.15, -0.1) is 0 Å². The van der Waals surface area contributed by atoms with Crippen molar-refractivity contribution in [2.75, 3.05) is 33.0 Å². The largest absolute Gasteiger partial charge is 0.381 e. The van der Waals surface area contributed by atoms with Crippen molar-refractivity contribution in [3.8, 4) is 0 Å². The fourth-order valence-corrected chi connectivity index (χ4v) is 4.18. The molecule has 2 N–H and O–H groups in total. The van der Waals surface area contributed by atoms with E-state index in [1.165, 1.54) is 25.7 Å². The summed E-state index contributed by atoms with van der Waals surface area (Å²) in [6.45, 7) is 4.00. The first kappa shape index (κ1) is 16.1. The fraction of sp³-hybridized carbons (Fsp3) is 0.941. The molecule has 5 nitrogen and oxygen atoms in total. The van der Waals surface area contributed by atoms with E-state index in [1.54, 1.807) is 0 Å². The summed E-state index contributed by atoms with van der Waals surface area (Å²) in [5.41, 5.74) is 0. The number of fused-ring (bicyclic) bond motifs is 2. The summed E-state index contributed by atoms with van der Waals surface area (Å²) in [4.78, 5) is 11.9. The monoisotopic (exact) mass is 310 g/mol. The van der Waals surface area contributed by atoms with E-state index in [0.29, 0.717) is 18.5 Å². The SMILES string of the molecule is O=C(NCCCOCC1CCOCC1)NC1CC2CCC1C2. The van der Waals surface area contributed by atoms with Gasteiger partial charge in [0, 0.05) is 39.0 Å². The number of carbonyl (C=O) groups excluding carboxylic acids is 1. The van der Waals surface area contributed by atoms with E-state index in [-0.39, 0.29) is 6.03 Å². The molecule has 0 spiro atoms. The molecule has 3 fully saturated rings. The number of hydrogen-bond donors (Lipinski definition) is 2. The number of rotatable bonds is 7. The zero-order valence-electron chi connectivity index (χ0n) is 13.5. The number of urea groups is 1. The van der Waals surface area contributed by atoms with Crippen LogP contribution in [-0.4, -0.2) is 45.0 Å². The highest BCUT2D eigenvalue weighted by molar-refractivity contribution is 5.74. The molecule has 2 bridgehead atoms. The fourth-order valence-electron chi connectivity index (χ4n) is 4.18. The van der Waals surface area contributed by atoms with Crippen LogP contribution in [0.1, 0.15) is 44.9 Å². The molecule has 2 aliphatic carbocycles. The molecular weight excluding hydrogens is 280 g/mol. The average Bonchev–Trinajstić information content (AvgIpc) is 3.14. The van der Waals surface area contributed by atoms with Gasteiger partial charge in [-0.2, -0.15) is 0 Å². The van der Waals surface area contributed by atoms with Crippen LogP contribution in [0.4, 0.5) is 4.79 Å². The van der Waals surface area contributed by atoms with Crippen LogP contribution in [0.25, 0.3) is 0 Å². The Balaban J connectivity index is 1.18. The molecule has 2 saturated carbocycles. The number of ether oxygens (including phenoxy) is 2. The number of carbonyl (C=O) groups is 1. The predicted octanol–water partition coefficient (Wildman–Crippen LogP) is 2.31. The predicted molar refractivity (Wildman–Crippen MR) is 84.7 cm³/mol. The Labute approximate surface area is 133 Å². The van der Waals surface area contributed by atoms with Crippen molar-refractivity contribution in [2.24, 2.45) is 17.8 Å². The van der Waals surface area contributed by atoms with E-state index in [4.69, 9.17) is 9.47 Å². The molecule has 3 unspecified atom stereocenters. The smallest absolute Gasteiger partial charge is 0.315 e. The Kier molecular flexibility index (Phi) is 5.96. The van der Waals surface area contributed by atoms with Crippen molar-refractivity contribution in [3.63, 3.8) is 0 Å². The molecule has 0 aromatic heterocycles. The Morgan fingerprint density at radius 1 is 1.14 bits per heavy atom. The molecule has 0 aromatic carbocycles. The minimum Gasteiger partial charge on any atom is -0.381 e. The van der Waals surface area contributed by atoms with Gasteiger partial charge in [0.25, 0.3) is 0 Å². The van der Waals surface area contributed by atoms with Crippen molar-refractivity contribution in [3.05, 3.63) is 0 Å². The molecule has 2 amide bonds. The zero-order chi connectivity index (χ0) is 15.2. The Hall–Kier alpha value is -0.810. The van der Waals surface area contributed by atoms with Crippen molar-refractivity contribution < 1.29 is 14.3 Å². The van der Waals surface area contributed by atoms with Gasteiger partial charge in [-0.25, -0.2) is 4.79 Å². The van der Waals surface area contributed by atoms with E-state index in [9.17, 15) is 4.79 Å². The van der Waals surface area contributed by atoms with Gasteiger partial charge in [0.1, 0.15) is 0 Å². The normalized spacial score (nSPS) is 31.4. The molecule has 1 saturated heterocycles. The number of amides is 2. The second-order valence-electron chi connectivity index (χ2n) is 7.17. The minimum atomic E-state index is 0.00183. The van der Waals surface area contributed by atoms with E-state index in [0.717, 1.165) is 57.5 Å². The van der Waals surface area contributed by atoms with E-state index < -0.39 is 0 Å². The van der Waals surface area contributed by atoms with Crippen LogP contribution in [0.2, 0.25) is 0 Å². The van der Waals surface area contributed by atoms with Crippen LogP contribution < -0.4 is 10.6 Å². The van der Waals surface area contributed by atoms with Gasteiger partial charge in [-0.1, -0.05) is 6.42 Å². The molecule has 1 aliphatic heterocycles. The van der Waals surface area contributed by atoms with Crippen molar-refractivity contribution >= 4 is 6.03 Å². The lowest BCUT2D eigenvalue weighted by molar-refractivity contribution is 0.0203. The lowest BCUT2D eigenvalue weighted by Gasteiger charge is -2.23. The summed E-state index contributed by atoms with van der Waals surface area (Å²) in [6, 6.07) is 0.422. The van der Waals surface area contributed by atoms with Gasteiger partial charge >= 0.3 is 6.03 Å². The highest BCUT2D eigenvalue weighted by atomic mass is 16.5. The maximum atomic E-state index is 11.9. The van der Waals surface area contributed by atoms with Crippen LogP contribution in [0.15, 0.2) is 0 Å². The third-order valence-electron chi connectivity index (χ3n) is 5.50. The van der Waals surface area contributed by atoms with Crippen molar-refractivity contribution in [1.29, 1.82) is 0 Å². The second-order valence-corrected chi connectivity index (χ2v) is 7.17. The summed E-state index contributed by atoms with van der Waals surface area (Å²) >= 11 is 0. The molecule has 126 valence electrons. The molecule has 3 aliphatic rings. The molecule has 0 aromatic rings. The number of hydrogen-bond acceptors (Lipinski definition) is 3.